The summed E-state index contributed by atoms with van der Waals surface area (Å²) in [7, 11) is 0. The van der Waals surface area contributed by atoms with Crippen LogP contribution in [0, 0.1) is 0 Å². The molecule has 0 spiro atoms. The number of carbonyl (C=O) groups excluding carboxylic acids is 1. The third-order valence-electron chi connectivity index (χ3n) is 2.40. The summed E-state index contributed by atoms with van der Waals surface area (Å²) in [4.78, 5) is 16.0. The highest BCUT2D eigenvalue weighted by Crippen LogP contribution is 2.26. The van der Waals surface area contributed by atoms with Crippen molar-refractivity contribution in [2.75, 3.05) is 10.7 Å². The van der Waals surface area contributed by atoms with E-state index < -0.39 is 0 Å². The Morgan fingerprint density at radius 3 is 2.84 bits per heavy atom. The van der Waals surface area contributed by atoms with Crippen molar-refractivity contribution >= 4 is 44.8 Å². The van der Waals surface area contributed by atoms with Crippen LogP contribution in [0.3, 0.4) is 0 Å². The summed E-state index contributed by atoms with van der Waals surface area (Å²) in [6.45, 7) is 0. The smallest absolute Gasteiger partial charge is 0.259 e. The van der Waals surface area contributed by atoms with E-state index in [9.17, 15) is 4.79 Å². The van der Waals surface area contributed by atoms with Gasteiger partial charge in [0.1, 0.15) is 0 Å². The van der Waals surface area contributed by atoms with Crippen LogP contribution in [0.4, 0.5) is 11.4 Å². The molecule has 1 heterocycles. The number of rotatable bonds is 3. The Hall–Kier alpha value is -1.63. The van der Waals surface area contributed by atoms with Gasteiger partial charge in [0.15, 0.2) is 0 Å². The molecule has 0 saturated heterocycles. The number of carbonyl (C=O) groups is 1. The fourth-order valence-corrected chi connectivity index (χ4v) is 2.00. The average Bonchev–Trinajstić information content (AvgIpc) is 2.42. The largest absolute Gasteiger partial charge is 0.323 e. The Bertz CT molecular complexity index is 620. The number of halogens is 2. The minimum atomic E-state index is -0.330. The normalized spacial score (nSPS) is 10.1. The Kier molecular flexibility index (Phi) is 4.36. The third-order valence-corrected chi connectivity index (χ3v) is 3.32. The van der Waals surface area contributed by atoms with E-state index in [2.05, 4.69) is 31.7 Å². The van der Waals surface area contributed by atoms with E-state index in [0.717, 1.165) is 4.47 Å². The van der Waals surface area contributed by atoms with Crippen LogP contribution < -0.4 is 16.6 Å². The van der Waals surface area contributed by atoms with Crippen LogP contribution in [-0.4, -0.2) is 10.9 Å². The molecule has 0 aliphatic carbocycles. The van der Waals surface area contributed by atoms with Gasteiger partial charge in [-0.2, -0.15) is 0 Å². The third kappa shape index (κ3) is 3.23. The van der Waals surface area contributed by atoms with Crippen molar-refractivity contribution in [3.63, 3.8) is 0 Å². The molecular formula is C12H10BrClN4O. The number of benzene rings is 1. The van der Waals surface area contributed by atoms with Gasteiger partial charge >= 0.3 is 0 Å². The second-order valence-electron chi connectivity index (χ2n) is 3.64. The van der Waals surface area contributed by atoms with E-state index in [1.54, 1.807) is 30.5 Å². The van der Waals surface area contributed by atoms with E-state index in [-0.39, 0.29) is 5.91 Å². The number of amides is 1. The molecule has 19 heavy (non-hydrogen) atoms. The van der Waals surface area contributed by atoms with Gasteiger partial charge in [0.05, 0.1) is 16.9 Å². The first-order valence-corrected chi connectivity index (χ1v) is 6.46. The first-order valence-electron chi connectivity index (χ1n) is 5.29. The van der Waals surface area contributed by atoms with Gasteiger partial charge in [-0.05, 0) is 40.2 Å². The van der Waals surface area contributed by atoms with E-state index in [1.165, 1.54) is 6.20 Å². The number of nitrogens with zero attached hydrogens (tertiary/aromatic N) is 1. The van der Waals surface area contributed by atoms with Crippen molar-refractivity contribution < 1.29 is 4.79 Å². The number of hydrogen-bond acceptors (Lipinski definition) is 4. The molecule has 7 heteroatoms. The molecule has 1 aromatic carbocycles. The summed E-state index contributed by atoms with van der Waals surface area (Å²) in [5.74, 6) is 5.02. The summed E-state index contributed by atoms with van der Waals surface area (Å²) < 4.78 is 0.733. The first kappa shape index (κ1) is 13.8. The number of nitrogens with two attached hydrogens (primary N) is 1. The molecule has 0 unspecified atom stereocenters. The fraction of sp³-hybridized carbons (Fsp3) is 0. The van der Waals surface area contributed by atoms with Crippen LogP contribution in [-0.2, 0) is 0 Å². The van der Waals surface area contributed by atoms with Crippen LogP contribution in [0.2, 0.25) is 5.02 Å². The highest BCUT2D eigenvalue weighted by atomic mass is 79.9. The van der Waals surface area contributed by atoms with Gasteiger partial charge < -0.3 is 10.7 Å². The van der Waals surface area contributed by atoms with Gasteiger partial charge in [0.25, 0.3) is 5.91 Å². The summed E-state index contributed by atoms with van der Waals surface area (Å²) in [5, 5.41) is 3.27. The number of nitrogen functional groups attached to an aromatic ring is 1. The highest BCUT2D eigenvalue weighted by Gasteiger charge is 2.12. The predicted octanol–water partition coefficient (Wildman–Crippen LogP) is 3.04. The monoisotopic (exact) mass is 340 g/mol. The van der Waals surface area contributed by atoms with E-state index in [0.29, 0.717) is 22.0 Å². The van der Waals surface area contributed by atoms with Crippen molar-refractivity contribution in [3.8, 4) is 0 Å². The maximum absolute atomic E-state index is 12.1. The second-order valence-corrected chi connectivity index (χ2v) is 4.93. The Balaban J connectivity index is 2.28. The molecule has 5 nitrogen and oxygen atoms in total. The summed E-state index contributed by atoms with van der Waals surface area (Å²) >= 11 is 9.23. The number of hydrazine groups is 1. The molecule has 0 fully saturated rings. The number of nitrogens with one attached hydrogen (secondary N) is 2. The zero-order valence-corrected chi connectivity index (χ0v) is 12.0. The predicted molar refractivity (Wildman–Crippen MR) is 79.2 cm³/mol. The maximum atomic E-state index is 12.1. The van der Waals surface area contributed by atoms with Crippen molar-refractivity contribution in [2.24, 2.45) is 5.84 Å². The minimum Gasteiger partial charge on any atom is -0.323 e. The number of anilines is 2. The highest BCUT2D eigenvalue weighted by molar-refractivity contribution is 9.10. The molecule has 1 aromatic heterocycles. The first-order chi connectivity index (χ1) is 9.11. The van der Waals surface area contributed by atoms with Gasteiger partial charge in [-0.3, -0.25) is 15.6 Å². The minimum absolute atomic E-state index is 0.330. The van der Waals surface area contributed by atoms with Crippen LogP contribution in [0.15, 0.2) is 41.1 Å². The SMILES string of the molecule is NNc1ccncc1C(=O)Nc1cc(Cl)ccc1Br. The van der Waals surface area contributed by atoms with Gasteiger partial charge in [-0.1, -0.05) is 11.6 Å². The van der Waals surface area contributed by atoms with Crippen molar-refractivity contribution in [3.05, 3.63) is 51.7 Å². The summed E-state index contributed by atoms with van der Waals surface area (Å²) in [5.41, 5.74) is 3.86. The quantitative estimate of drug-likeness (QED) is 0.592. The molecule has 2 rings (SSSR count). The van der Waals surface area contributed by atoms with Crippen molar-refractivity contribution in [1.82, 2.24) is 4.98 Å². The lowest BCUT2D eigenvalue weighted by molar-refractivity contribution is 0.102. The van der Waals surface area contributed by atoms with Crippen LogP contribution in [0.1, 0.15) is 10.4 Å². The fourth-order valence-electron chi connectivity index (χ4n) is 1.48. The van der Waals surface area contributed by atoms with Crippen molar-refractivity contribution in [1.29, 1.82) is 0 Å². The van der Waals surface area contributed by atoms with Gasteiger partial charge in [0, 0.05) is 21.9 Å². The Morgan fingerprint density at radius 1 is 1.32 bits per heavy atom. The molecule has 0 aliphatic rings. The lowest BCUT2D eigenvalue weighted by atomic mass is 10.2. The number of aromatic nitrogens is 1. The summed E-state index contributed by atoms with van der Waals surface area (Å²) in [6, 6.07) is 6.74. The van der Waals surface area contributed by atoms with E-state index in [4.69, 9.17) is 17.4 Å². The Morgan fingerprint density at radius 2 is 2.11 bits per heavy atom. The molecule has 2 aromatic rings. The molecule has 4 N–H and O–H groups in total. The lowest BCUT2D eigenvalue weighted by Crippen LogP contribution is -2.17. The topological polar surface area (TPSA) is 80.0 Å². The molecular weight excluding hydrogens is 332 g/mol. The van der Waals surface area contributed by atoms with Crippen LogP contribution >= 0.6 is 27.5 Å². The standard InChI is InChI=1S/C12H10BrClN4O/c13-9-2-1-7(14)5-11(9)17-12(19)8-6-16-4-3-10(8)18-15/h1-6H,15H2,(H,16,18)(H,17,19). The molecule has 0 aliphatic heterocycles. The maximum Gasteiger partial charge on any atom is 0.259 e. The van der Waals surface area contributed by atoms with Gasteiger partial charge in [0.2, 0.25) is 0 Å². The zero-order valence-electron chi connectivity index (χ0n) is 9.65. The molecule has 98 valence electrons. The molecule has 0 saturated carbocycles. The van der Waals surface area contributed by atoms with E-state index in [1.807, 2.05) is 0 Å². The van der Waals surface area contributed by atoms with Crippen LogP contribution in [0.25, 0.3) is 0 Å². The Labute approximate surface area is 123 Å². The molecule has 1 amide bonds. The van der Waals surface area contributed by atoms with Gasteiger partial charge in [-0.15, -0.1) is 0 Å². The number of pyridine rings is 1. The van der Waals surface area contributed by atoms with Crippen molar-refractivity contribution in [2.45, 2.75) is 0 Å². The number of hydrogen-bond donors (Lipinski definition) is 3. The molecule has 0 radical (unpaired) electrons. The van der Waals surface area contributed by atoms with Gasteiger partial charge in [-0.25, -0.2) is 0 Å². The zero-order chi connectivity index (χ0) is 13.8. The lowest BCUT2D eigenvalue weighted by Gasteiger charge is -2.10. The molecule has 0 atom stereocenters. The average molecular weight is 342 g/mol. The second kappa shape index (κ2) is 6.01. The van der Waals surface area contributed by atoms with Crippen LogP contribution in [0.5, 0.6) is 0 Å². The molecule has 0 bridgehead atoms. The van der Waals surface area contributed by atoms with E-state index >= 15 is 0 Å². The summed E-state index contributed by atoms with van der Waals surface area (Å²) in [6.07, 6.45) is 2.98.